The Morgan fingerprint density at radius 2 is 1.80 bits per heavy atom. The lowest BCUT2D eigenvalue weighted by molar-refractivity contribution is -0.124. The van der Waals surface area contributed by atoms with Crippen molar-refractivity contribution in [3.8, 4) is 0 Å². The van der Waals surface area contributed by atoms with Crippen molar-refractivity contribution in [2.24, 2.45) is 5.73 Å². The molecule has 0 saturated carbocycles. The zero-order valence-corrected chi connectivity index (χ0v) is 16.1. The number of nitrogens with zero attached hydrogens (tertiary/aromatic N) is 1. The number of carbonyl (C=O) groups excluding carboxylic acids is 2. The fraction of sp³-hybridized carbons (Fsp3) is 0.529. The van der Waals surface area contributed by atoms with Crippen LogP contribution in [0.4, 0.5) is 0 Å². The van der Waals surface area contributed by atoms with Gasteiger partial charge in [-0.15, -0.1) is 24.8 Å². The molecule has 1 atom stereocenters. The molecule has 8 heteroatoms. The van der Waals surface area contributed by atoms with E-state index in [4.69, 9.17) is 5.73 Å². The second-order valence-electron chi connectivity index (χ2n) is 6.03. The van der Waals surface area contributed by atoms with Gasteiger partial charge in [-0.3, -0.25) is 14.5 Å². The first kappa shape index (κ1) is 23.7. The van der Waals surface area contributed by atoms with Gasteiger partial charge >= 0.3 is 0 Å². The van der Waals surface area contributed by atoms with Crippen LogP contribution in [0.25, 0.3) is 0 Å². The van der Waals surface area contributed by atoms with Crippen LogP contribution in [0.15, 0.2) is 30.3 Å². The molecule has 1 saturated heterocycles. The maximum Gasteiger partial charge on any atom is 0.237 e. The average Bonchev–Trinajstić information content (AvgIpc) is 2.57. The van der Waals surface area contributed by atoms with Gasteiger partial charge in [0.2, 0.25) is 11.8 Å². The zero-order chi connectivity index (χ0) is 16.7. The van der Waals surface area contributed by atoms with Crippen molar-refractivity contribution in [3.63, 3.8) is 0 Å². The molecule has 1 aliphatic heterocycles. The number of likely N-dealkylation sites (N-methyl/N-ethyl adjacent to an activating group) is 1. The molecule has 0 bridgehead atoms. The Balaban J connectivity index is 0.00000288. The summed E-state index contributed by atoms with van der Waals surface area (Å²) in [6, 6.07) is 9.41. The predicted octanol–water partition coefficient (Wildman–Crippen LogP) is 0.727. The van der Waals surface area contributed by atoms with Gasteiger partial charge in [0.25, 0.3) is 0 Å². The third kappa shape index (κ3) is 8.05. The first-order valence-electron chi connectivity index (χ1n) is 8.11. The molecule has 1 aromatic carbocycles. The summed E-state index contributed by atoms with van der Waals surface area (Å²) in [5.41, 5.74) is 7.07. The Hall–Kier alpha value is -1.34. The van der Waals surface area contributed by atoms with Crippen LogP contribution < -0.4 is 16.4 Å². The van der Waals surface area contributed by atoms with Crippen molar-refractivity contribution in [1.82, 2.24) is 15.5 Å². The number of rotatable bonds is 6. The van der Waals surface area contributed by atoms with E-state index in [1.807, 2.05) is 30.3 Å². The number of amides is 2. The van der Waals surface area contributed by atoms with E-state index < -0.39 is 6.04 Å². The summed E-state index contributed by atoms with van der Waals surface area (Å²) in [5.74, 6) is -0.0732. The smallest absolute Gasteiger partial charge is 0.237 e. The molecule has 0 radical (unpaired) electrons. The predicted molar refractivity (Wildman–Crippen MR) is 104 cm³/mol. The summed E-state index contributed by atoms with van der Waals surface area (Å²) in [6.07, 6.45) is 2.24. The van der Waals surface area contributed by atoms with Crippen molar-refractivity contribution in [2.45, 2.75) is 31.3 Å². The van der Waals surface area contributed by atoms with Crippen LogP contribution in [0.2, 0.25) is 0 Å². The average molecular weight is 391 g/mol. The van der Waals surface area contributed by atoms with Gasteiger partial charge in [-0.25, -0.2) is 0 Å². The molecule has 0 spiro atoms. The number of likely N-dealkylation sites (tertiary alicyclic amines) is 1. The van der Waals surface area contributed by atoms with Gasteiger partial charge < -0.3 is 16.4 Å². The number of nitrogens with two attached hydrogens (primary N) is 1. The molecule has 142 valence electrons. The summed E-state index contributed by atoms with van der Waals surface area (Å²) in [5, 5.41) is 5.66. The Kier molecular flexibility index (Phi) is 11.4. The lowest BCUT2D eigenvalue weighted by Crippen LogP contribution is -2.51. The van der Waals surface area contributed by atoms with E-state index in [0.717, 1.165) is 31.5 Å². The van der Waals surface area contributed by atoms with E-state index in [-0.39, 0.29) is 42.7 Å². The lowest BCUT2D eigenvalue weighted by Gasteiger charge is -2.32. The summed E-state index contributed by atoms with van der Waals surface area (Å²) in [4.78, 5) is 25.7. The fourth-order valence-electron chi connectivity index (χ4n) is 2.79. The highest BCUT2D eigenvalue weighted by Gasteiger charge is 2.23. The standard InChI is InChI=1S/C17H26N4O2.2ClH/c1-19-16(22)12-21-9-7-14(8-10-21)20-17(23)15(18)11-13-5-3-2-4-6-13;;/h2-6,14-15H,7-12,18H2,1H3,(H,19,22)(H,20,23);2*1H/t15-;;/m0../s1. The first-order valence-corrected chi connectivity index (χ1v) is 8.11. The van der Waals surface area contributed by atoms with Crippen LogP contribution in [0.1, 0.15) is 18.4 Å². The number of hydrogen-bond donors (Lipinski definition) is 3. The van der Waals surface area contributed by atoms with E-state index in [1.165, 1.54) is 0 Å². The van der Waals surface area contributed by atoms with E-state index in [0.29, 0.717) is 13.0 Å². The minimum Gasteiger partial charge on any atom is -0.358 e. The summed E-state index contributed by atoms with van der Waals surface area (Å²) in [7, 11) is 1.64. The number of halogens is 2. The third-order valence-electron chi connectivity index (χ3n) is 4.22. The molecule has 6 nitrogen and oxygen atoms in total. The SMILES string of the molecule is CNC(=O)CN1CCC(NC(=O)[C@@H](N)Cc2ccccc2)CC1.Cl.Cl. The van der Waals surface area contributed by atoms with Gasteiger partial charge in [0, 0.05) is 26.2 Å². The molecule has 0 unspecified atom stereocenters. The number of benzene rings is 1. The molecular formula is C17H28Cl2N4O2. The van der Waals surface area contributed by atoms with Crippen LogP contribution in [-0.4, -0.2) is 55.5 Å². The van der Waals surface area contributed by atoms with Crippen molar-refractivity contribution in [2.75, 3.05) is 26.7 Å². The summed E-state index contributed by atoms with van der Waals surface area (Å²) < 4.78 is 0. The van der Waals surface area contributed by atoms with Crippen LogP contribution in [0.5, 0.6) is 0 Å². The van der Waals surface area contributed by atoms with E-state index in [9.17, 15) is 9.59 Å². The highest BCUT2D eigenvalue weighted by atomic mass is 35.5. The molecule has 4 N–H and O–H groups in total. The Morgan fingerprint density at radius 3 is 2.36 bits per heavy atom. The van der Waals surface area contributed by atoms with Gasteiger partial charge in [-0.1, -0.05) is 30.3 Å². The molecular weight excluding hydrogens is 363 g/mol. The molecule has 1 fully saturated rings. The molecule has 1 heterocycles. The molecule has 1 aromatic rings. The highest BCUT2D eigenvalue weighted by molar-refractivity contribution is 5.85. The summed E-state index contributed by atoms with van der Waals surface area (Å²) >= 11 is 0. The van der Waals surface area contributed by atoms with Crippen molar-refractivity contribution >= 4 is 36.6 Å². The Morgan fingerprint density at radius 1 is 1.20 bits per heavy atom. The molecule has 0 aromatic heterocycles. The maximum absolute atomic E-state index is 12.2. The molecule has 2 rings (SSSR count). The minimum atomic E-state index is -0.527. The fourth-order valence-corrected chi connectivity index (χ4v) is 2.79. The number of nitrogens with one attached hydrogen (secondary N) is 2. The Labute approximate surface area is 161 Å². The van der Waals surface area contributed by atoms with Crippen LogP contribution >= 0.6 is 24.8 Å². The quantitative estimate of drug-likeness (QED) is 0.667. The largest absolute Gasteiger partial charge is 0.358 e. The van der Waals surface area contributed by atoms with Crippen LogP contribution in [-0.2, 0) is 16.0 Å². The van der Waals surface area contributed by atoms with Gasteiger partial charge in [0.05, 0.1) is 12.6 Å². The van der Waals surface area contributed by atoms with E-state index in [2.05, 4.69) is 15.5 Å². The highest BCUT2D eigenvalue weighted by Crippen LogP contribution is 2.10. The van der Waals surface area contributed by atoms with Gasteiger partial charge in [0.15, 0.2) is 0 Å². The number of piperidine rings is 1. The minimum absolute atomic E-state index is 0. The number of hydrogen-bond acceptors (Lipinski definition) is 4. The van der Waals surface area contributed by atoms with Gasteiger partial charge in [-0.2, -0.15) is 0 Å². The van der Waals surface area contributed by atoms with Gasteiger partial charge in [-0.05, 0) is 24.8 Å². The van der Waals surface area contributed by atoms with Crippen LogP contribution in [0.3, 0.4) is 0 Å². The second-order valence-corrected chi connectivity index (χ2v) is 6.03. The zero-order valence-electron chi connectivity index (χ0n) is 14.4. The lowest BCUT2D eigenvalue weighted by atomic mass is 10.0. The normalized spacial score (nSPS) is 16.1. The van der Waals surface area contributed by atoms with E-state index >= 15 is 0 Å². The first-order chi connectivity index (χ1) is 11.1. The Bertz CT molecular complexity index is 523. The maximum atomic E-state index is 12.2. The van der Waals surface area contributed by atoms with Crippen molar-refractivity contribution in [1.29, 1.82) is 0 Å². The third-order valence-corrected chi connectivity index (χ3v) is 4.22. The second kappa shape index (κ2) is 12.1. The number of carbonyl (C=O) groups is 2. The molecule has 25 heavy (non-hydrogen) atoms. The molecule has 2 amide bonds. The monoisotopic (exact) mass is 390 g/mol. The topological polar surface area (TPSA) is 87.5 Å². The van der Waals surface area contributed by atoms with Crippen molar-refractivity contribution in [3.05, 3.63) is 35.9 Å². The van der Waals surface area contributed by atoms with Crippen molar-refractivity contribution < 1.29 is 9.59 Å². The van der Waals surface area contributed by atoms with E-state index in [1.54, 1.807) is 7.05 Å². The van der Waals surface area contributed by atoms with Crippen LogP contribution in [0, 0.1) is 0 Å². The molecule has 0 aliphatic carbocycles. The summed E-state index contributed by atoms with van der Waals surface area (Å²) in [6.45, 7) is 2.04. The molecule has 1 aliphatic rings. The van der Waals surface area contributed by atoms with Gasteiger partial charge in [0.1, 0.15) is 0 Å².